The maximum atomic E-state index is 11.0. The molecule has 1 aliphatic rings. The Morgan fingerprint density at radius 3 is 2.61 bits per heavy atom. The van der Waals surface area contributed by atoms with Gasteiger partial charge in [-0.1, -0.05) is 0 Å². The van der Waals surface area contributed by atoms with Gasteiger partial charge in [-0.25, -0.2) is 9.86 Å². The van der Waals surface area contributed by atoms with Gasteiger partial charge in [0.05, 0.1) is 19.7 Å². The summed E-state index contributed by atoms with van der Waals surface area (Å²) >= 11 is 0. The van der Waals surface area contributed by atoms with Crippen LogP contribution in [-0.2, 0) is 10.2 Å². The third-order valence-electron chi connectivity index (χ3n) is 5.03. The quantitative estimate of drug-likeness (QED) is 0.687. The Bertz CT molecular complexity index is 937. The summed E-state index contributed by atoms with van der Waals surface area (Å²) in [6.07, 6.45) is 1.80. The fourth-order valence-corrected chi connectivity index (χ4v) is 3.99. The van der Waals surface area contributed by atoms with Crippen molar-refractivity contribution in [3.05, 3.63) is 24.4 Å². The molecule has 0 aliphatic carbocycles. The summed E-state index contributed by atoms with van der Waals surface area (Å²) in [7, 11) is -0.418. The summed E-state index contributed by atoms with van der Waals surface area (Å²) in [5.41, 5.74) is 1.95. The molecule has 0 spiro atoms. The van der Waals surface area contributed by atoms with Gasteiger partial charge in [0.2, 0.25) is 0 Å². The van der Waals surface area contributed by atoms with Crippen molar-refractivity contribution < 1.29 is 17.9 Å². The molecule has 1 aliphatic heterocycles. The highest BCUT2D eigenvalue weighted by Gasteiger charge is 2.25. The lowest BCUT2D eigenvalue weighted by atomic mass is 10.1. The van der Waals surface area contributed by atoms with Gasteiger partial charge in [0.15, 0.2) is 11.5 Å². The number of anilines is 1. The van der Waals surface area contributed by atoms with Gasteiger partial charge in [-0.15, -0.1) is 0 Å². The number of nitrogens with zero attached hydrogens (tertiary/aromatic N) is 3. The van der Waals surface area contributed by atoms with Crippen LogP contribution < -0.4 is 24.2 Å². The van der Waals surface area contributed by atoms with Gasteiger partial charge in [0.25, 0.3) is 10.2 Å². The Morgan fingerprint density at radius 2 is 1.96 bits per heavy atom. The van der Waals surface area contributed by atoms with Gasteiger partial charge in [-0.2, -0.15) is 8.42 Å². The van der Waals surface area contributed by atoms with Gasteiger partial charge < -0.3 is 14.4 Å². The molecule has 3 rings (SSSR count). The Hall–Kier alpha value is -2.14. The summed E-state index contributed by atoms with van der Waals surface area (Å²) in [4.78, 5) is 9.04. The van der Waals surface area contributed by atoms with E-state index in [0.717, 1.165) is 36.2 Å². The second-order valence-electron chi connectivity index (χ2n) is 6.82. The van der Waals surface area contributed by atoms with Crippen LogP contribution in [0.5, 0.6) is 11.5 Å². The largest absolute Gasteiger partial charge is 0.493 e. The standard InChI is InChI=1S/C18H27N5O4S/c1-13-12-23(9-8-22(13)7-6-21-28(19,24)25)16-4-5-20-15-11-18(27-3)17(26-2)10-14(15)16/h4-5,10-11,13,21H,6-9,12H2,1-3H3,(H2,19,24,25). The number of nitrogens with two attached hydrogens (primary N) is 1. The van der Waals surface area contributed by atoms with Crippen LogP contribution in [0.1, 0.15) is 6.92 Å². The third kappa shape index (κ3) is 4.64. The van der Waals surface area contributed by atoms with Crippen LogP contribution in [-0.4, -0.2) is 71.3 Å². The summed E-state index contributed by atoms with van der Waals surface area (Å²) in [5, 5.41) is 6.00. The van der Waals surface area contributed by atoms with Crippen LogP contribution in [0.4, 0.5) is 5.69 Å². The number of benzene rings is 1. The SMILES string of the molecule is COc1cc2nccc(N3CCN(CCNS(N)(=O)=O)C(C)C3)c2cc1OC. The minimum absolute atomic E-state index is 0.263. The topological polar surface area (TPSA) is 110 Å². The molecule has 0 amide bonds. The molecule has 1 unspecified atom stereocenters. The minimum Gasteiger partial charge on any atom is -0.493 e. The molecule has 2 aromatic rings. The molecule has 10 heteroatoms. The summed E-state index contributed by atoms with van der Waals surface area (Å²) in [6.45, 7) is 5.53. The molecule has 2 heterocycles. The van der Waals surface area contributed by atoms with E-state index in [0.29, 0.717) is 24.6 Å². The average molecular weight is 410 g/mol. The first-order chi connectivity index (χ1) is 13.3. The van der Waals surface area contributed by atoms with Gasteiger partial charge >= 0.3 is 0 Å². The van der Waals surface area contributed by atoms with Crippen LogP contribution in [0.25, 0.3) is 10.9 Å². The van der Waals surface area contributed by atoms with E-state index in [4.69, 9.17) is 14.6 Å². The molecule has 0 radical (unpaired) electrons. The number of nitrogens with one attached hydrogen (secondary N) is 1. The van der Waals surface area contributed by atoms with Crippen molar-refractivity contribution in [1.82, 2.24) is 14.6 Å². The predicted molar refractivity (Wildman–Crippen MR) is 109 cm³/mol. The first-order valence-corrected chi connectivity index (χ1v) is 10.6. The lowest BCUT2D eigenvalue weighted by Crippen LogP contribution is -2.53. The van der Waals surface area contributed by atoms with Crippen LogP contribution in [0.15, 0.2) is 24.4 Å². The number of rotatable bonds is 7. The van der Waals surface area contributed by atoms with Gasteiger partial charge in [0, 0.05) is 62.1 Å². The van der Waals surface area contributed by atoms with E-state index in [1.54, 1.807) is 20.4 Å². The summed E-state index contributed by atoms with van der Waals surface area (Å²) < 4.78 is 35.2. The maximum Gasteiger partial charge on any atom is 0.274 e. The van der Waals surface area contributed by atoms with E-state index in [2.05, 4.69) is 26.4 Å². The molecular formula is C18H27N5O4S. The van der Waals surface area contributed by atoms with Crippen LogP contribution in [0, 0.1) is 0 Å². The highest BCUT2D eigenvalue weighted by molar-refractivity contribution is 7.87. The molecule has 28 heavy (non-hydrogen) atoms. The molecule has 9 nitrogen and oxygen atoms in total. The van der Waals surface area contributed by atoms with Gasteiger partial charge in [0.1, 0.15) is 0 Å². The van der Waals surface area contributed by atoms with Crippen LogP contribution in [0.2, 0.25) is 0 Å². The predicted octanol–water partition coefficient (Wildman–Crippen LogP) is 0.556. The van der Waals surface area contributed by atoms with Crippen molar-refractivity contribution in [2.24, 2.45) is 5.14 Å². The van der Waals surface area contributed by atoms with Gasteiger partial charge in [-0.05, 0) is 19.1 Å². The first kappa shape index (κ1) is 20.6. The Kier molecular flexibility index (Phi) is 6.23. The van der Waals surface area contributed by atoms with Crippen molar-refractivity contribution in [3.63, 3.8) is 0 Å². The lowest BCUT2D eigenvalue weighted by Gasteiger charge is -2.41. The van der Waals surface area contributed by atoms with E-state index in [1.165, 1.54) is 0 Å². The first-order valence-electron chi connectivity index (χ1n) is 9.09. The normalized spacial score (nSPS) is 18.4. The van der Waals surface area contributed by atoms with Crippen molar-refractivity contribution in [2.45, 2.75) is 13.0 Å². The summed E-state index contributed by atoms with van der Waals surface area (Å²) in [6, 6.07) is 6.12. The Labute approximate surface area is 165 Å². The second-order valence-corrected chi connectivity index (χ2v) is 8.20. The van der Waals surface area contributed by atoms with E-state index in [-0.39, 0.29) is 6.04 Å². The molecule has 0 bridgehead atoms. The number of hydrogen-bond acceptors (Lipinski definition) is 7. The van der Waals surface area contributed by atoms with Crippen molar-refractivity contribution in [2.75, 3.05) is 51.8 Å². The minimum atomic E-state index is -3.65. The van der Waals surface area contributed by atoms with E-state index >= 15 is 0 Å². The van der Waals surface area contributed by atoms with E-state index in [9.17, 15) is 8.42 Å². The zero-order chi connectivity index (χ0) is 20.3. The molecule has 1 aromatic carbocycles. The number of ether oxygens (including phenoxy) is 2. The zero-order valence-corrected chi connectivity index (χ0v) is 17.2. The third-order valence-corrected chi connectivity index (χ3v) is 5.64. The number of pyridine rings is 1. The molecular weight excluding hydrogens is 382 g/mol. The number of aromatic nitrogens is 1. The highest BCUT2D eigenvalue weighted by Crippen LogP contribution is 2.36. The average Bonchev–Trinajstić information content (AvgIpc) is 2.66. The number of fused-ring (bicyclic) bond motifs is 1. The van der Waals surface area contributed by atoms with Crippen molar-refractivity contribution in [1.29, 1.82) is 0 Å². The molecule has 3 N–H and O–H groups in total. The smallest absolute Gasteiger partial charge is 0.274 e. The van der Waals surface area contributed by atoms with Gasteiger partial charge in [-0.3, -0.25) is 9.88 Å². The van der Waals surface area contributed by atoms with Crippen molar-refractivity contribution in [3.8, 4) is 11.5 Å². The fraction of sp³-hybridized carbons (Fsp3) is 0.500. The number of piperazine rings is 1. The van der Waals surface area contributed by atoms with Crippen LogP contribution in [0.3, 0.4) is 0 Å². The molecule has 0 saturated carbocycles. The monoisotopic (exact) mass is 409 g/mol. The van der Waals surface area contributed by atoms with Crippen LogP contribution >= 0.6 is 0 Å². The number of methoxy groups -OCH3 is 2. The summed E-state index contributed by atoms with van der Waals surface area (Å²) in [5.74, 6) is 1.32. The zero-order valence-electron chi connectivity index (χ0n) is 16.4. The molecule has 1 fully saturated rings. The maximum absolute atomic E-state index is 11.0. The lowest BCUT2D eigenvalue weighted by molar-refractivity contribution is 0.193. The van der Waals surface area contributed by atoms with E-state index in [1.807, 2.05) is 18.2 Å². The molecule has 154 valence electrons. The van der Waals surface area contributed by atoms with Crippen molar-refractivity contribution >= 4 is 26.8 Å². The van der Waals surface area contributed by atoms with E-state index < -0.39 is 10.2 Å². The number of hydrogen-bond donors (Lipinski definition) is 2. The highest BCUT2D eigenvalue weighted by atomic mass is 32.2. The molecule has 1 aromatic heterocycles. The molecule has 1 atom stereocenters. The fourth-order valence-electron chi connectivity index (χ4n) is 3.61. The molecule has 1 saturated heterocycles. The Balaban J connectivity index is 1.77. The Morgan fingerprint density at radius 1 is 1.25 bits per heavy atom. The second kappa shape index (κ2) is 8.48.